The molecule has 2 N–H and O–H groups in total. The maximum absolute atomic E-state index is 12.9. The molecular weight excluding hydrogens is 376 g/mol. The minimum atomic E-state index is -0.129. The lowest BCUT2D eigenvalue weighted by molar-refractivity contribution is 0.0933. The van der Waals surface area contributed by atoms with Crippen LogP contribution in [0.25, 0.3) is 11.0 Å². The quantitative estimate of drug-likeness (QED) is 0.631. The molecule has 1 aliphatic carbocycles. The zero-order valence-electron chi connectivity index (χ0n) is 17.8. The van der Waals surface area contributed by atoms with Gasteiger partial charge in [0.2, 0.25) is 0 Å². The van der Waals surface area contributed by atoms with Crippen molar-refractivity contribution in [1.29, 1.82) is 0 Å². The number of hydrogen-bond acceptors (Lipinski definition) is 3. The number of aromatic amines is 1. The Labute approximate surface area is 176 Å². The second-order valence-electron chi connectivity index (χ2n) is 7.96. The van der Waals surface area contributed by atoms with Crippen LogP contribution in [0.4, 0.5) is 0 Å². The minimum Gasteiger partial charge on any atom is -0.345 e. The third-order valence-corrected chi connectivity index (χ3v) is 6.25. The summed E-state index contributed by atoms with van der Waals surface area (Å²) in [6, 6.07) is 13.8. The van der Waals surface area contributed by atoms with Crippen molar-refractivity contribution < 1.29 is 4.79 Å². The van der Waals surface area contributed by atoms with E-state index < -0.39 is 0 Å². The molecule has 0 aliphatic heterocycles. The predicted octanol–water partition coefficient (Wildman–Crippen LogP) is 3.48. The maximum atomic E-state index is 12.9. The van der Waals surface area contributed by atoms with Crippen LogP contribution in [-0.4, -0.2) is 40.0 Å². The van der Waals surface area contributed by atoms with Crippen LogP contribution in [0.15, 0.2) is 47.3 Å². The first-order chi connectivity index (χ1) is 14.6. The Balaban J connectivity index is 1.53. The number of H-pyrrole nitrogens is 1. The molecule has 1 aliphatic rings. The monoisotopic (exact) mass is 406 g/mol. The average Bonchev–Trinajstić information content (AvgIpc) is 3.09. The lowest BCUT2D eigenvalue weighted by Gasteiger charge is -2.26. The van der Waals surface area contributed by atoms with Crippen molar-refractivity contribution in [1.82, 2.24) is 19.8 Å². The van der Waals surface area contributed by atoms with Gasteiger partial charge in [0.25, 0.3) is 5.91 Å². The molecule has 1 amide bonds. The molecule has 6 nitrogen and oxygen atoms in total. The number of benzene rings is 2. The van der Waals surface area contributed by atoms with Crippen LogP contribution in [-0.2, 0) is 13.0 Å². The number of likely N-dealkylation sites (N-methyl/N-ethyl adjacent to an activating group) is 1. The fraction of sp³-hybridized carbons (Fsp3) is 0.417. The average molecular weight is 407 g/mol. The Morgan fingerprint density at radius 1 is 1.20 bits per heavy atom. The normalized spacial score (nSPS) is 16.0. The second kappa shape index (κ2) is 8.88. The van der Waals surface area contributed by atoms with Crippen molar-refractivity contribution >= 4 is 16.9 Å². The van der Waals surface area contributed by atoms with E-state index in [9.17, 15) is 9.59 Å². The highest BCUT2D eigenvalue weighted by Gasteiger charge is 2.22. The van der Waals surface area contributed by atoms with Gasteiger partial charge < -0.3 is 15.2 Å². The lowest BCUT2D eigenvalue weighted by atomic mass is 9.87. The van der Waals surface area contributed by atoms with E-state index >= 15 is 0 Å². The molecule has 6 heteroatoms. The zero-order valence-corrected chi connectivity index (χ0v) is 17.8. The molecule has 1 aromatic heterocycles. The smallest absolute Gasteiger partial charge is 0.326 e. The Hall–Kier alpha value is -2.86. The van der Waals surface area contributed by atoms with Crippen LogP contribution in [0.5, 0.6) is 0 Å². The van der Waals surface area contributed by atoms with Gasteiger partial charge in [-0.1, -0.05) is 38.1 Å². The maximum Gasteiger partial charge on any atom is 0.326 e. The lowest BCUT2D eigenvalue weighted by Crippen LogP contribution is -2.31. The number of amides is 1. The van der Waals surface area contributed by atoms with Gasteiger partial charge >= 0.3 is 5.69 Å². The number of hydrogen-bond donors (Lipinski definition) is 2. The fourth-order valence-corrected chi connectivity index (χ4v) is 4.45. The van der Waals surface area contributed by atoms with Gasteiger partial charge in [-0.25, -0.2) is 4.79 Å². The van der Waals surface area contributed by atoms with E-state index in [4.69, 9.17) is 0 Å². The van der Waals surface area contributed by atoms with E-state index in [0.717, 1.165) is 44.4 Å². The summed E-state index contributed by atoms with van der Waals surface area (Å²) in [5.74, 6) is -0.102. The summed E-state index contributed by atoms with van der Waals surface area (Å²) in [6.45, 7) is 7.62. The molecule has 0 bridgehead atoms. The number of carbonyl (C=O) groups is 1. The molecule has 1 heterocycles. The van der Waals surface area contributed by atoms with E-state index in [0.29, 0.717) is 17.6 Å². The molecule has 0 saturated carbocycles. The number of nitrogens with zero attached hydrogens (tertiary/aromatic N) is 2. The number of carbonyl (C=O) groups excluding carboxylic acids is 1. The number of aromatic nitrogens is 2. The van der Waals surface area contributed by atoms with Gasteiger partial charge in [0.05, 0.1) is 17.1 Å². The molecule has 30 heavy (non-hydrogen) atoms. The van der Waals surface area contributed by atoms with Crippen LogP contribution in [0.1, 0.15) is 54.2 Å². The van der Waals surface area contributed by atoms with Crippen molar-refractivity contribution in [2.45, 2.75) is 45.7 Å². The van der Waals surface area contributed by atoms with E-state index in [1.807, 2.05) is 18.2 Å². The molecule has 1 unspecified atom stereocenters. The highest BCUT2D eigenvalue weighted by atomic mass is 16.2. The molecule has 4 rings (SSSR count). The topological polar surface area (TPSA) is 70.1 Å². The number of rotatable bonds is 7. The SMILES string of the molecule is CCN(CC)CCn1c(=O)[nH]c2cc(C(=O)NC3CCCc4ccccc43)ccc21. The highest BCUT2D eigenvalue weighted by Crippen LogP contribution is 2.29. The van der Waals surface area contributed by atoms with Crippen LogP contribution < -0.4 is 11.0 Å². The van der Waals surface area contributed by atoms with Gasteiger partial charge in [0.1, 0.15) is 0 Å². The van der Waals surface area contributed by atoms with E-state index in [2.05, 4.69) is 47.2 Å². The largest absolute Gasteiger partial charge is 0.345 e. The molecule has 0 radical (unpaired) electrons. The second-order valence-corrected chi connectivity index (χ2v) is 7.96. The van der Waals surface area contributed by atoms with Gasteiger partial charge in [0, 0.05) is 18.7 Å². The van der Waals surface area contributed by atoms with Crippen molar-refractivity contribution in [3.63, 3.8) is 0 Å². The molecular formula is C24H30N4O2. The Morgan fingerprint density at radius 2 is 2.00 bits per heavy atom. The third-order valence-electron chi connectivity index (χ3n) is 6.25. The van der Waals surface area contributed by atoms with E-state index in [-0.39, 0.29) is 17.6 Å². The van der Waals surface area contributed by atoms with Gasteiger partial charge in [0.15, 0.2) is 0 Å². The van der Waals surface area contributed by atoms with Gasteiger partial charge in [-0.3, -0.25) is 9.36 Å². The molecule has 158 valence electrons. The van der Waals surface area contributed by atoms with Crippen LogP contribution in [0.3, 0.4) is 0 Å². The first-order valence-electron chi connectivity index (χ1n) is 10.9. The molecule has 0 saturated heterocycles. The number of fused-ring (bicyclic) bond motifs is 2. The molecule has 1 atom stereocenters. The van der Waals surface area contributed by atoms with Crippen molar-refractivity contribution in [3.8, 4) is 0 Å². The van der Waals surface area contributed by atoms with E-state index in [1.165, 1.54) is 11.1 Å². The van der Waals surface area contributed by atoms with E-state index in [1.54, 1.807) is 10.6 Å². The zero-order chi connectivity index (χ0) is 21.1. The summed E-state index contributed by atoms with van der Waals surface area (Å²) in [7, 11) is 0. The van der Waals surface area contributed by atoms with Crippen molar-refractivity contribution in [3.05, 3.63) is 69.6 Å². The number of nitrogens with one attached hydrogen (secondary N) is 2. The summed E-state index contributed by atoms with van der Waals surface area (Å²) in [4.78, 5) is 30.6. The standard InChI is InChI=1S/C24H30N4O2/c1-3-27(4-2)14-15-28-22-13-12-18(16-21(22)26-24(28)30)23(29)25-20-11-7-9-17-8-5-6-10-19(17)20/h5-6,8,10,12-13,16,20H,3-4,7,9,11,14-15H2,1-2H3,(H,25,29)(H,26,30). The van der Waals surface area contributed by atoms with Crippen molar-refractivity contribution in [2.75, 3.05) is 19.6 Å². The number of aryl methyl sites for hydroxylation is 1. The van der Waals surface area contributed by atoms with Crippen LogP contribution in [0, 0.1) is 0 Å². The highest BCUT2D eigenvalue weighted by molar-refractivity contribution is 5.97. The third kappa shape index (κ3) is 4.05. The summed E-state index contributed by atoms with van der Waals surface area (Å²) in [5, 5.41) is 3.19. The summed E-state index contributed by atoms with van der Waals surface area (Å²) < 4.78 is 1.76. The predicted molar refractivity (Wildman–Crippen MR) is 120 cm³/mol. The van der Waals surface area contributed by atoms with Gasteiger partial charge in [-0.2, -0.15) is 0 Å². The molecule has 0 spiro atoms. The number of imidazole rings is 1. The Kier molecular flexibility index (Phi) is 6.04. The Morgan fingerprint density at radius 3 is 2.80 bits per heavy atom. The summed E-state index contributed by atoms with van der Waals surface area (Å²) in [5.41, 5.74) is 4.52. The molecule has 3 aromatic rings. The van der Waals surface area contributed by atoms with Crippen molar-refractivity contribution in [2.24, 2.45) is 0 Å². The molecule has 0 fully saturated rings. The Bertz CT molecular complexity index is 1090. The van der Waals surface area contributed by atoms with Crippen LogP contribution >= 0.6 is 0 Å². The first-order valence-corrected chi connectivity index (χ1v) is 10.9. The molecule has 2 aromatic carbocycles. The first kappa shape index (κ1) is 20.4. The van der Waals surface area contributed by atoms with Gasteiger partial charge in [-0.05, 0) is 61.7 Å². The van der Waals surface area contributed by atoms with Crippen LogP contribution in [0.2, 0.25) is 0 Å². The minimum absolute atomic E-state index is 0.0378. The summed E-state index contributed by atoms with van der Waals surface area (Å²) in [6.07, 6.45) is 3.09. The fourth-order valence-electron chi connectivity index (χ4n) is 4.45. The van der Waals surface area contributed by atoms with Gasteiger partial charge in [-0.15, -0.1) is 0 Å². The summed E-state index contributed by atoms with van der Waals surface area (Å²) >= 11 is 0.